The van der Waals surface area contributed by atoms with E-state index in [2.05, 4.69) is 17.6 Å². The Balaban J connectivity index is 2.02. The molecule has 1 aromatic rings. The highest BCUT2D eigenvalue weighted by Crippen LogP contribution is 2.28. The standard InChI is InChI=1S/C14H19ClN2O2/c1-9-7-10(5-6-16-9)14(18)17-11-3-4-12(15)13(8-11)19-2/h3-4,8-10,16H,5-7H2,1-2H3,(H,17,18). The number of benzene rings is 1. The van der Waals surface area contributed by atoms with Crippen molar-refractivity contribution in [1.82, 2.24) is 5.32 Å². The highest BCUT2D eigenvalue weighted by Gasteiger charge is 2.24. The van der Waals surface area contributed by atoms with Gasteiger partial charge in [-0.1, -0.05) is 11.6 Å². The average molecular weight is 283 g/mol. The third kappa shape index (κ3) is 3.61. The first-order valence-electron chi connectivity index (χ1n) is 6.48. The van der Waals surface area contributed by atoms with E-state index in [4.69, 9.17) is 16.3 Å². The van der Waals surface area contributed by atoms with Crippen LogP contribution in [0.3, 0.4) is 0 Å². The molecule has 2 unspecified atom stereocenters. The minimum absolute atomic E-state index is 0.0673. The number of amides is 1. The summed E-state index contributed by atoms with van der Waals surface area (Å²) in [6.07, 6.45) is 1.75. The van der Waals surface area contributed by atoms with Crippen LogP contribution >= 0.6 is 11.6 Å². The molecule has 0 radical (unpaired) electrons. The Morgan fingerprint density at radius 1 is 1.53 bits per heavy atom. The van der Waals surface area contributed by atoms with Crippen molar-refractivity contribution in [2.45, 2.75) is 25.8 Å². The third-order valence-corrected chi connectivity index (χ3v) is 3.73. The Morgan fingerprint density at radius 3 is 3.00 bits per heavy atom. The van der Waals surface area contributed by atoms with Gasteiger partial charge in [-0.25, -0.2) is 0 Å². The molecule has 0 saturated carbocycles. The second kappa shape index (κ2) is 6.26. The Morgan fingerprint density at radius 2 is 2.32 bits per heavy atom. The van der Waals surface area contributed by atoms with E-state index in [0.717, 1.165) is 25.1 Å². The van der Waals surface area contributed by atoms with Crippen LogP contribution < -0.4 is 15.4 Å². The molecule has 104 valence electrons. The molecule has 5 heteroatoms. The number of hydrogen-bond donors (Lipinski definition) is 2. The number of ether oxygens (including phenoxy) is 1. The summed E-state index contributed by atoms with van der Waals surface area (Å²) in [5.74, 6) is 0.703. The van der Waals surface area contributed by atoms with Crippen LogP contribution in [0.15, 0.2) is 18.2 Å². The van der Waals surface area contributed by atoms with Crippen LogP contribution in [0.1, 0.15) is 19.8 Å². The monoisotopic (exact) mass is 282 g/mol. The number of piperidine rings is 1. The first-order valence-corrected chi connectivity index (χ1v) is 6.85. The smallest absolute Gasteiger partial charge is 0.227 e. The van der Waals surface area contributed by atoms with Crippen LogP contribution in [0.2, 0.25) is 5.02 Å². The lowest BCUT2D eigenvalue weighted by atomic mass is 9.92. The van der Waals surface area contributed by atoms with E-state index in [1.165, 1.54) is 0 Å². The summed E-state index contributed by atoms with van der Waals surface area (Å²) >= 11 is 5.95. The number of carbonyl (C=O) groups is 1. The first kappa shape index (κ1) is 14.2. The molecule has 1 aromatic carbocycles. The fraction of sp³-hybridized carbons (Fsp3) is 0.500. The Kier molecular flexibility index (Phi) is 4.66. The maximum Gasteiger partial charge on any atom is 0.227 e. The fourth-order valence-corrected chi connectivity index (χ4v) is 2.55. The summed E-state index contributed by atoms with van der Waals surface area (Å²) in [5, 5.41) is 6.81. The number of rotatable bonds is 3. The Bertz CT molecular complexity index is 465. The largest absolute Gasteiger partial charge is 0.495 e. The van der Waals surface area contributed by atoms with E-state index >= 15 is 0 Å². The molecule has 0 aliphatic carbocycles. The van der Waals surface area contributed by atoms with Crippen LogP contribution in [0.25, 0.3) is 0 Å². The van der Waals surface area contributed by atoms with Crippen LogP contribution in [-0.4, -0.2) is 25.6 Å². The summed E-state index contributed by atoms with van der Waals surface area (Å²) in [6, 6.07) is 5.64. The lowest BCUT2D eigenvalue weighted by Crippen LogP contribution is -2.40. The number of methoxy groups -OCH3 is 1. The first-order chi connectivity index (χ1) is 9.10. The molecule has 1 amide bonds. The fourth-order valence-electron chi connectivity index (χ4n) is 2.35. The van der Waals surface area contributed by atoms with Gasteiger partial charge in [0.25, 0.3) is 0 Å². The molecule has 2 atom stereocenters. The van der Waals surface area contributed by atoms with Gasteiger partial charge < -0.3 is 15.4 Å². The van der Waals surface area contributed by atoms with Crippen LogP contribution in [0.5, 0.6) is 5.75 Å². The molecular formula is C14H19ClN2O2. The second-order valence-corrected chi connectivity index (χ2v) is 5.32. The quantitative estimate of drug-likeness (QED) is 0.896. The normalized spacial score (nSPS) is 22.9. The van der Waals surface area contributed by atoms with Crippen LogP contribution in [-0.2, 0) is 4.79 Å². The number of halogens is 1. The Hall–Kier alpha value is -1.26. The van der Waals surface area contributed by atoms with E-state index in [9.17, 15) is 4.79 Å². The van der Waals surface area contributed by atoms with Gasteiger partial charge >= 0.3 is 0 Å². The molecule has 1 aliphatic rings. The molecule has 0 bridgehead atoms. The van der Waals surface area contributed by atoms with Crippen molar-refractivity contribution >= 4 is 23.2 Å². The number of nitrogens with one attached hydrogen (secondary N) is 2. The molecule has 1 fully saturated rings. The highest BCUT2D eigenvalue weighted by atomic mass is 35.5. The van der Waals surface area contributed by atoms with Gasteiger partial charge in [0.05, 0.1) is 12.1 Å². The molecule has 2 N–H and O–H groups in total. The molecule has 1 saturated heterocycles. The van der Waals surface area contributed by atoms with Crippen LogP contribution in [0.4, 0.5) is 5.69 Å². The SMILES string of the molecule is COc1cc(NC(=O)C2CCNC(C)C2)ccc1Cl. The van der Waals surface area contributed by atoms with Crippen LogP contribution in [0, 0.1) is 5.92 Å². The van der Waals surface area contributed by atoms with Gasteiger partial charge in [0.2, 0.25) is 5.91 Å². The van der Waals surface area contributed by atoms with E-state index in [-0.39, 0.29) is 11.8 Å². The number of carbonyl (C=O) groups excluding carboxylic acids is 1. The second-order valence-electron chi connectivity index (χ2n) is 4.92. The molecule has 2 rings (SSSR count). The van der Waals surface area contributed by atoms with Gasteiger partial charge in [0.15, 0.2) is 0 Å². The van der Waals surface area contributed by atoms with E-state index in [1.54, 1.807) is 25.3 Å². The number of hydrogen-bond acceptors (Lipinski definition) is 3. The molecule has 0 aromatic heterocycles. The highest BCUT2D eigenvalue weighted by molar-refractivity contribution is 6.32. The average Bonchev–Trinajstić information content (AvgIpc) is 2.41. The zero-order valence-electron chi connectivity index (χ0n) is 11.2. The van der Waals surface area contributed by atoms with Crippen molar-refractivity contribution in [3.8, 4) is 5.75 Å². The molecular weight excluding hydrogens is 264 g/mol. The summed E-state index contributed by atoms with van der Waals surface area (Å²) in [7, 11) is 1.56. The summed E-state index contributed by atoms with van der Waals surface area (Å²) in [4.78, 5) is 12.2. The minimum atomic E-state index is 0.0673. The maximum atomic E-state index is 12.2. The minimum Gasteiger partial charge on any atom is -0.495 e. The van der Waals surface area contributed by atoms with Crippen molar-refractivity contribution in [3.05, 3.63) is 23.2 Å². The molecule has 1 heterocycles. The molecule has 19 heavy (non-hydrogen) atoms. The van der Waals surface area contributed by atoms with E-state index < -0.39 is 0 Å². The number of anilines is 1. The van der Waals surface area contributed by atoms with Gasteiger partial charge in [0, 0.05) is 23.7 Å². The van der Waals surface area contributed by atoms with Gasteiger partial charge in [-0.15, -0.1) is 0 Å². The lowest BCUT2D eigenvalue weighted by molar-refractivity contribution is -0.120. The predicted octanol–water partition coefficient (Wildman–Crippen LogP) is 2.68. The van der Waals surface area contributed by atoms with E-state index in [0.29, 0.717) is 16.8 Å². The van der Waals surface area contributed by atoms with Crippen molar-refractivity contribution in [1.29, 1.82) is 0 Å². The topological polar surface area (TPSA) is 50.4 Å². The zero-order valence-corrected chi connectivity index (χ0v) is 12.0. The van der Waals surface area contributed by atoms with E-state index in [1.807, 2.05) is 0 Å². The zero-order chi connectivity index (χ0) is 13.8. The van der Waals surface area contributed by atoms with Crippen molar-refractivity contribution in [2.24, 2.45) is 5.92 Å². The van der Waals surface area contributed by atoms with Gasteiger partial charge in [0.1, 0.15) is 5.75 Å². The van der Waals surface area contributed by atoms with Gasteiger partial charge in [-0.05, 0) is 38.4 Å². The summed E-state index contributed by atoms with van der Waals surface area (Å²) in [6.45, 7) is 2.99. The predicted molar refractivity (Wildman–Crippen MR) is 76.8 cm³/mol. The summed E-state index contributed by atoms with van der Waals surface area (Å²) < 4.78 is 5.14. The van der Waals surface area contributed by atoms with Gasteiger partial charge in [-0.2, -0.15) is 0 Å². The molecule has 4 nitrogen and oxygen atoms in total. The third-order valence-electron chi connectivity index (χ3n) is 3.41. The van der Waals surface area contributed by atoms with Crippen molar-refractivity contribution in [3.63, 3.8) is 0 Å². The molecule has 1 aliphatic heterocycles. The Labute approximate surface area is 118 Å². The maximum absolute atomic E-state index is 12.2. The molecule has 0 spiro atoms. The van der Waals surface area contributed by atoms with Crippen molar-refractivity contribution in [2.75, 3.05) is 19.0 Å². The van der Waals surface area contributed by atoms with Crippen molar-refractivity contribution < 1.29 is 9.53 Å². The lowest BCUT2D eigenvalue weighted by Gasteiger charge is -2.27. The summed E-state index contributed by atoms with van der Waals surface area (Å²) in [5.41, 5.74) is 0.720. The van der Waals surface area contributed by atoms with Gasteiger partial charge in [-0.3, -0.25) is 4.79 Å².